The Morgan fingerprint density at radius 2 is 2.11 bits per heavy atom. The van der Waals surface area contributed by atoms with Gasteiger partial charge in [-0.1, -0.05) is 18.1 Å². The number of carbonyl (C=O) groups excluding carboxylic acids is 1. The lowest BCUT2D eigenvalue weighted by atomic mass is 10.0. The molecule has 2 aromatic rings. The molecule has 0 radical (unpaired) electrons. The number of amides is 1. The molecule has 1 fully saturated rings. The maximum atomic E-state index is 13.5. The van der Waals surface area contributed by atoms with Crippen LogP contribution in [0.3, 0.4) is 0 Å². The number of likely N-dealkylation sites (tertiary alicyclic amines) is 1. The van der Waals surface area contributed by atoms with Gasteiger partial charge in [0.2, 0.25) is 0 Å². The summed E-state index contributed by atoms with van der Waals surface area (Å²) in [5.41, 5.74) is -0.469. The Morgan fingerprint density at radius 1 is 1.30 bits per heavy atom. The quantitative estimate of drug-likeness (QED) is 0.824. The molecule has 1 aliphatic heterocycles. The molecule has 7 heteroatoms. The Labute approximate surface area is 155 Å². The van der Waals surface area contributed by atoms with Crippen molar-refractivity contribution >= 4 is 5.91 Å². The first-order valence-corrected chi connectivity index (χ1v) is 8.49. The highest BCUT2D eigenvalue weighted by Gasteiger charge is 2.34. The lowest BCUT2D eigenvalue weighted by molar-refractivity contribution is -0.137. The third kappa shape index (κ3) is 4.47. The second-order valence-electron chi connectivity index (χ2n) is 6.25. The van der Waals surface area contributed by atoms with Crippen LogP contribution in [0.2, 0.25) is 0 Å². The van der Waals surface area contributed by atoms with Crippen LogP contribution in [-0.2, 0) is 11.0 Å². The minimum Gasteiger partial charge on any atom is -0.330 e. The highest BCUT2D eigenvalue weighted by Crippen LogP contribution is 2.36. The molecule has 4 nitrogen and oxygen atoms in total. The van der Waals surface area contributed by atoms with Gasteiger partial charge in [0.25, 0.3) is 5.91 Å². The van der Waals surface area contributed by atoms with E-state index in [1.165, 1.54) is 24.4 Å². The number of hydrogen-bond donors (Lipinski definition) is 1. The zero-order valence-corrected chi connectivity index (χ0v) is 14.7. The number of alkyl halides is 3. The van der Waals surface area contributed by atoms with E-state index in [0.717, 1.165) is 12.5 Å². The average molecular weight is 373 g/mol. The van der Waals surface area contributed by atoms with Gasteiger partial charge < -0.3 is 10.2 Å². The number of rotatable bonds is 2. The second-order valence-corrected chi connectivity index (χ2v) is 6.25. The van der Waals surface area contributed by atoms with Crippen LogP contribution in [0, 0.1) is 11.8 Å². The molecule has 1 amide bonds. The molecule has 1 aliphatic rings. The van der Waals surface area contributed by atoms with Crippen LogP contribution in [0.25, 0.3) is 11.3 Å². The van der Waals surface area contributed by atoms with E-state index < -0.39 is 11.7 Å². The normalized spacial score (nSPS) is 16.7. The van der Waals surface area contributed by atoms with E-state index in [2.05, 4.69) is 22.1 Å². The first-order chi connectivity index (χ1) is 12.9. The lowest BCUT2D eigenvalue weighted by Gasteiger charge is -2.13. The highest BCUT2D eigenvalue weighted by atomic mass is 19.4. The largest absolute Gasteiger partial charge is 0.417 e. The molecule has 2 heterocycles. The molecule has 0 saturated carbocycles. The van der Waals surface area contributed by atoms with E-state index in [0.29, 0.717) is 13.1 Å². The Morgan fingerprint density at radius 3 is 2.74 bits per heavy atom. The number of nitrogens with one attached hydrogen (secondary N) is 1. The fourth-order valence-corrected chi connectivity index (χ4v) is 2.99. The zero-order valence-electron chi connectivity index (χ0n) is 14.7. The van der Waals surface area contributed by atoms with Crippen LogP contribution in [0.4, 0.5) is 13.2 Å². The van der Waals surface area contributed by atoms with Crippen LogP contribution in [-0.4, -0.2) is 42.0 Å². The van der Waals surface area contributed by atoms with E-state index in [1.54, 1.807) is 17.0 Å². The van der Waals surface area contributed by atoms with Crippen molar-refractivity contribution < 1.29 is 18.0 Å². The van der Waals surface area contributed by atoms with Gasteiger partial charge in [0.05, 0.1) is 11.3 Å². The average Bonchev–Trinajstić information content (AvgIpc) is 3.15. The predicted molar refractivity (Wildman–Crippen MR) is 95.6 cm³/mol. The van der Waals surface area contributed by atoms with E-state index in [-0.39, 0.29) is 28.8 Å². The monoisotopic (exact) mass is 373 g/mol. The molecule has 1 saturated heterocycles. The molecule has 27 heavy (non-hydrogen) atoms. The van der Waals surface area contributed by atoms with Gasteiger partial charge in [0.15, 0.2) is 0 Å². The Balaban J connectivity index is 1.87. The Hall–Kier alpha value is -2.85. The van der Waals surface area contributed by atoms with Crippen molar-refractivity contribution in [2.45, 2.75) is 18.6 Å². The number of pyridine rings is 1. The van der Waals surface area contributed by atoms with Gasteiger partial charge in [0.1, 0.15) is 0 Å². The van der Waals surface area contributed by atoms with Gasteiger partial charge in [-0.3, -0.25) is 9.78 Å². The number of benzene rings is 1. The molecule has 1 aromatic carbocycles. The first kappa shape index (κ1) is 18.9. The van der Waals surface area contributed by atoms with Crippen molar-refractivity contribution in [2.75, 3.05) is 20.1 Å². The summed E-state index contributed by atoms with van der Waals surface area (Å²) in [6.07, 6.45) is -2.28. The first-order valence-electron chi connectivity index (χ1n) is 8.49. The molecule has 0 bridgehead atoms. The maximum Gasteiger partial charge on any atom is 0.417 e. The number of carbonyl (C=O) groups is 1. The fraction of sp³-hybridized carbons (Fsp3) is 0.300. The Kier molecular flexibility index (Phi) is 5.47. The SMILES string of the molecule is CN[C@@H]1CCN(C(=O)C#Cc2ccc(-c3ccccn3)c(C(F)(F)F)c2)C1. The molecular weight excluding hydrogens is 355 g/mol. The van der Waals surface area contributed by atoms with Gasteiger partial charge in [-0.25, -0.2) is 0 Å². The summed E-state index contributed by atoms with van der Waals surface area (Å²) in [5, 5.41) is 3.10. The smallest absolute Gasteiger partial charge is 0.330 e. The molecule has 3 rings (SSSR count). The summed E-state index contributed by atoms with van der Waals surface area (Å²) >= 11 is 0. The number of aromatic nitrogens is 1. The van der Waals surface area contributed by atoms with Crippen molar-refractivity contribution in [3.8, 4) is 23.1 Å². The molecule has 0 aliphatic carbocycles. The summed E-state index contributed by atoms with van der Waals surface area (Å²) in [6, 6.07) is 8.79. The van der Waals surface area contributed by atoms with E-state index in [1.807, 2.05) is 7.05 Å². The standard InChI is InChI=1S/C20H18F3N3O/c1-24-15-9-11-26(13-15)19(27)8-6-14-5-7-16(17(12-14)20(21,22)23)18-4-2-3-10-25-18/h2-5,7,10,12,15,24H,9,11,13H2,1H3/t15-/m1/s1. The number of hydrogen-bond acceptors (Lipinski definition) is 3. The van der Waals surface area contributed by atoms with Crippen LogP contribution in [0.15, 0.2) is 42.6 Å². The molecule has 1 atom stereocenters. The zero-order chi connectivity index (χ0) is 19.4. The lowest BCUT2D eigenvalue weighted by Crippen LogP contribution is -2.32. The van der Waals surface area contributed by atoms with Crippen LogP contribution >= 0.6 is 0 Å². The van der Waals surface area contributed by atoms with Crippen molar-refractivity contribution in [1.29, 1.82) is 0 Å². The molecule has 0 unspecified atom stereocenters. The number of likely N-dealkylation sites (N-methyl/N-ethyl adjacent to an activating group) is 1. The van der Waals surface area contributed by atoms with Crippen molar-refractivity contribution in [3.63, 3.8) is 0 Å². The predicted octanol–water partition coefficient (Wildman–Crippen LogP) is 2.94. The summed E-state index contributed by atoms with van der Waals surface area (Å²) in [6.45, 7) is 1.14. The second kappa shape index (κ2) is 7.80. The fourth-order valence-electron chi connectivity index (χ4n) is 2.99. The molecule has 0 spiro atoms. The van der Waals surface area contributed by atoms with Crippen molar-refractivity contribution in [3.05, 3.63) is 53.7 Å². The summed E-state index contributed by atoms with van der Waals surface area (Å²) < 4.78 is 40.4. The number of nitrogens with zero attached hydrogens (tertiary/aromatic N) is 2. The van der Waals surface area contributed by atoms with E-state index >= 15 is 0 Å². The van der Waals surface area contributed by atoms with Gasteiger partial charge in [-0.15, -0.1) is 0 Å². The van der Waals surface area contributed by atoms with E-state index in [4.69, 9.17) is 0 Å². The van der Waals surface area contributed by atoms with Crippen molar-refractivity contribution in [2.24, 2.45) is 0 Å². The van der Waals surface area contributed by atoms with Gasteiger partial charge in [0, 0.05) is 42.4 Å². The van der Waals surface area contributed by atoms with Crippen LogP contribution in [0.5, 0.6) is 0 Å². The Bertz CT molecular complexity index is 885. The number of halogens is 3. The van der Waals surface area contributed by atoms with Gasteiger partial charge in [-0.2, -0.15) is 13.2 Å². The van der Waals surface area contributed by atoms with Crippen LogP contribution < -0.4 is 5.32 Å². The summed E-state index contributed by atoms with van der Waals surface area (Å²) in [7, 11) is 1.83. The minimum atomic E-state index is -4.55. The molecule has 1 aromatic heterocycles. The maximum absolute atomic E-state index is 13.5. The molecular formula is C20H18F3N3O. The van der Waals surface area contributed by atoms with Gasteiger partial charge >= 0.3 is 6.18 Å². The van der Waals surface area contributed by atoms with Gasteiger partial charge in [-0.05, 0) is 37.7 Å². The molecule has 140 valence electrons. The summed E-state index contributed by atoms with van der Waals surface area (Å²) in [4.78, 5) is 17.7. The third-order valence-electron chi connectivity index (χ3n) is 4.46. The van der Waals surface area contributed by atoms with E-state index in [9.17, 15) is 18.0 Å². The molecule has 1 N–H and O–H groups in total. The van der Waals surface area contributed by atoms with Crippen molar-refractivity contribution in [1.82, 2.24) is 15.2 Å². The summed E-state index contributed by atoms with van der Waals surface area (Å²) in [5.74, 6) is 4.63. The minimum absolute atomic E-state index is 0.0172. The topological polar surface area (TPSA) is 45.2 Å². The highest BCUT2D eigenvalue weighted by molar-refractivity contribution is 5.94. The van der Waals surface area contributed by atoms with Crippen LogP contribution in [0.1, 0.15) is 17.5 Å². The third-order valence-corrected chi connectivity index (χ3v) is 4.46.